The number of nitrogens with two attached hydrogens (primary N) is 1. The van der Waals surface area contributed by atoms with Crippen molar-refractivity contribution in [3.05, 3.63) is 24.3 Å². The van der Waals surface area contributed by atoms with E-state index in [1.807, 2.05) is 31.2 Å². The van der Waals surface area contributed by atoms with Crippen LogP contribution in [0.1, 0.15) is 19.8 Å². The number of aromatic nitrogens is 1. The van der Waals surface area contributed by atoms with Crippen molar-refractivity contribution in [2.45, 2.75) is 25.8 Å². The summed E-state index contributed by atoms with van der Waals surface area (Å²) in [6, 6.07) is 7.33. The molecule has 18 heavy (non-hydrogen) atoms. The van der Waals surface area contributed by atoms with Crippen molar-refractivity contribution in [3.8, 4) is 0 Å². The second kappa shape index (κ2) is 6.68. The first-order chi connectivity index (χ1) is 8.20. The van der Waals surface area contributed by atoms with Gasteiger partial charge >= 0.3 is 0 Å². The van der Waals surface area contributed by atoms with Gasteiger partial charge < -0.3 is 11.1 Å². The number of para-hydroxylation sites is 1. The van der Waals surface area contributed by atoms with Crippen LogP contribution in [-0.4, -0.2) is 16.9 Å². The highest BCUT2D eigenvalue weighted by atomic mass is 35.5. The first-order valence-corrected chi connectivity index (χ1v) is 6.44. The van der Waals surface area contributed by atoms with Crippen LogP contribution in [0.2, 0.25) is 0 Å². The van der Waals surface area contributed by atoms with Crippen LogP contribution in [0.5, 0.6) is 0 Å². The number of benzene rings is 1. The molecule has 6 heteroatoms. The van der Waals surface area contributed by atoms with E-state index in [1.54, 1.807) is 0 Å². The Kier molecular flexibility index (Phi) is 5.53. The van der Waals surface area contributed by atoms with Gasteiger partial charge in [0.15, 0.2) is 5.13 Å². The third-order valence-electron chi connectivity index (χ3n) is 2.46. The Morgan fingerprint density at radius 3 is 2.89 bits per heavy atom. The number of carbonyl (C=O) groups is 1. The molecule has 0 radical (unpaired) electrons. The molecular formula is C12H16ClN3OS. The second-order valence-corrected chi connectivity index (χ2v) is 4.90. The number of thiazole rings is 1. The lowest BCUT2D eigenvalue weighted by Crippen LogP contribution is -2.35. The van der Waals surface area contributed by atoms with Crippen LogP contribution >= 0.6 is 23.7 Å². The summed E-state index contributed by atoms with van der Waals surface area (Å²) in [5.41, 5.74) is 6.63. The minimum Gasteiger partial charge on any atom is -0.320 e. The number of carbonyl (C=O) groups excluding carboxylic acids is 1. The van der Waals surface area contributed by atoms with Gasteiger partial charge in [-0.1, -0.05) is 36.8 Å². The number of fused-ring (bicyclic) bond motifs is 1. The van der Waals surface area contributed by atoms with E-state index in [0.29, 0.717) is 11.6 Å². The smallest absolute Gasteiger partial charge is 0.243 e. The van der Waals surface area contributed by atoms with Crippen molar-refractivity contribution in [2.75, 3.05) is 5.32 Å². The number of hydrogen-bond donors (Lipinski definition) is 2. The number of hydrogen-bond acceptors (Lipinski definition) is 4. The fourth-order valence-electron chi connectivity index (χ4n) is 1.57. The van der Waals surface area contributed by atoms with E-state index >= 15 is 0 Å². The van der Waals surface area contributed by atoms with Gasteiger partial charge in [0.05, 0.1) is 16.3 Å². The van der Waals surface area contributed by atoms with Crippen LogP contribution < -0.4 is 11.1 Å². The second-order valence-electron chi connectivity index (χ2n) is 3.87. The molecule has 0 aliphatic carbocycles. The van der Waals surface area contributed by atoms with E-state index in [4.69, 9.17) is 5.73 Å². The molecule has 2 aromatic rings. The molecule has 0 spiro atoms. The summed E-state index contributed by atoms with van der Waals surface area (Å²) in [5.74, 6) is -0.161. The minimum atomic E-state index is -0.452. The van der Waals surface area contributed by atoms with Gasteiger partial charge in [0.1, 0.15) is 0 Å². The van der Waals surface area contributed by atoms with Gasteiger partial charge in [0, 0.05) is 0 Å². The molecule has 0 aliphatic rings. The van der Waals surface area contributed by atoms with Gasteiger partial charge in [-0.3, -0.25) is 4.79 Å². The Hall–Kier alpha value is -1.17. The molecule has 1 amide bonds. The van der Waals surface area contributed by atoms with Crippen LogP contribution in [0, 0.1) is 0 Å². The van der Waals surface area contributed by atoms with Crippen molar-refractivity contribution in [2.24, 2.45) is 5.73 Å². The van der Waals surface area contributed by atoms with Crippen LogP contribution in [-0.2, 0) is 4.79 Å². The molecule has 1 aromatic carbocycles. The van der Waals surface area contributed by atoms with Gasteiger partial charge in [-0.25, -0.2) is 4.98 Å². The van der Waals surface area contributed by atoms with Gasteiger partial charge in [-0.15, -0.1) is 12.4 Å². The monoisotopic (exact) mass is 285 g/mol. The predicted molar refractivity (Wildman–Crippen MR) is 78.4 cm³/mol. The van der Waals surface area contributed by atoms with E-state index in [0.717, 1.165) is 16.6 Å². The Balaban J connectivity index is 0.00000162. The van der Waals surface area contributed by atoms with Crippen molar-refractivity contribution in [3.63, 3.8) is 0 Å². The third kappa shape index (κ3) is 3.41. The maximum atomic E-state index is 11.7. The molecule has 98 valence electrons. The van der Waals surface area contributed by atoms with Crippen molar-refractivity contribution in [1.29, 1.82) is 0 Å². The van der Waals surface area contributed by atoms with Crippen molar-refractivity contribution >= 4 is 45.0 Å². The molecule has 2 rings (SSSR count). The van der Waals surface area contributed by atoms with Gasteiger partial charge in [0.25, 0.3) is 0 Å². The molecule has 0 bridgehead atoms. The molecule has 1 unspecified atom stereocenters. The van der Waals surface area contributed by atoms with E-state index in [1.165, 1.54) is 11.3 Å². The maximum absolute atomic E-state index is 11.7. The van der Waals surface area contributed by atoms with Crippen LogP contribution in [0.4, 0.5) is 5.13 Å². The maximum Gasteiger partial charge on any atom is 0.243 e. The molecule has 4 nitrogen and oxygen atoms in total. The average Bonchev–Trinajstić information content (AvgIpc) is 2.71. The molecule has 1 atom stereocenters. The van der Waals surface area contributed by atoms with Gasteiger partial charge in [0.2, 0.25) is 5.91 Å². The van der Waals surface area contributed by atoms with Crippen molar-refractivity contribution < 1.29 is 4.79 Å². The first-order valence-electron chi connectivity index (χ1n) is 5.62. The van der Waals surface area contributed by atoms with Gasteiger partial charge in [-0.2, -0.15) is 0 Å². The summed E-state index contributed by atoms with van der Waals surface area (Å²) in [7, 11) is 0. The van der Waals surface area contributed by atoms with E-state index < -0.39 is 6.04 Å². The van der Waals surface area contributed by atoms with Crippen LogP contribution in [0.3, 0.4) is 0 Å². The molecule has 0 saturated carbocycles. The number of anilines is 1. The van der Waals surface area contributed by atoms with Gasteiger partial charge in [-0.05, 0) is 18.6 Å². The van der Waals surface area contributed by atoms with E-state index in [2.05, 4.69) is 10.3 Å². The Morgan fingerprint density at radius 1 is 1.50 bits per heavy atom. The average molecular weight is 286 g/mol. The highest BCUT2D eigenvalue weighted by Gasteiger charge is 2.14. The number of halogens is 1. The molecule has 1 heterocycles. The van der Waals surface area contributed by atoms with Crippen LogP contribution in [0.15, 0.2) is 24.3 Å². The Bertz CT molecular complexity index is 496. The third-order valence-corrected chi connectivity index (χ3v) is 3.41. The van der Waals surface area contributed by atoms with Crippen molar-refractivity contribution in [1.82, 2.24) is 4.98 Å². The lowest BCUT2D eigenvalue weighted by molar-refractivity contribution is -0.117. The summed E-state index contributed by atoms with van der Waals surface area (Å²) in [5, 5.41) is 3.37. The lowest BCUT2D eigenvalue weighted by Gasteiger charge is -2.08. The molecule has 3 N–H and O–H groups in total. The minimum absolute atomic E-state index is 0. The summed E-state index contributed by atoms with van der Waals surface area (Å²) < 4.78 is 1.06. The zero-order valence-electron chi connectivity index (χ0n) is 10.1. The summed E-state index contributed by atoms with van der Waals surface area (Å²) in [4.78, 5) is 16.0. The molecule has 1 aromatic heterocycles. The van der Waals surface area contributed by atoms with E-state index in [-0.39, 0.29) is 18.3 Å². The Labute approximate surface area is 116 Å². The number of nitrogens with one attached hydrogen (secondary N) is 1. The number of amides is 1. The highest BCUT2D eigenvalue weighted by Crippen LogP contribution is 2.25. The molecule has 0 saturated heterocycles. The normalized spacial score (nSPS) is 11.9. The molecule has 0 fully saturated rings. The molecular weight excluding hydrogens is 270 g/mol. The quantitative estimate of drug-likeness (QED) is 0.908. The predicted octanol–water partition coefficient (Wildman–Crippen LogP) is 2.78. The number of rotatable bonds is 4. The zero-order chi connectivity index (χ0) is 12.3. The number of nitrogens with zero attached hydrogens (tertiary/aromatic N) is 1. The first kappa shape index (κ1) is 14.9. The largest absolute Gasteiger partial charge is 0.320 e. The van der Waals surface area contributed by atoms with Crippen LogP contribution in [0.25, 0.3) is 10.2 Å². The van der Waals surface area contributed by atoms with E-state index in [9.17, 15) is 4.79 Å². The fraction of sp³-hybridized carbons (Fsp3) is 0.333. The molecule has 0 aliphatic heterocycles. The summed E-state index contributed by atoms with van der Waals surface area (Å²) >= 11 is 1.46. The zero-order valence-corrected chi connectivity index (χ0v) is 11.7. The standard InChI is InChI=1S/C12H15N3OS.ClH/c1-2-5-8(13)11(16)15-12-14-9-6-3-4-7-10(9)17-12;/h3-4,6-8H,2,5,13H2,1H3,(H,14,15,16);1H. The fourth-order valence-corrected chi connectivity index (χ4v) is 2.43. The summed E-state index contributed by atoms with van der Waals surface area (Å²) in [6.45, 7) is 2.00. The topological polar surface area (TPSA) is 68.0 Å². The SMILES string of the molecule is CCCC(N)C(=O)Nc1nc2ccccc2s1.Cl. The Morgan fingerprint density at radius 2 is 2.22 bits per heavy atom. The lowest BCUT2D eigenvalue weighted by atomic mass is 10.2. The summed E-state index contributed by atoms with van der Waals surface area (Å²) in [6.07, 6.45) is 1.59. The highest BCUT2D eigenvalue weighted by molar-refractivity contribution is 7.22.